The van der Waals surface area contributed by atoms with Crippen molar-refractivity contribution in [1.82, 2.24) is 5.48 Å². The average Bonchev–Trinajstić information content (AvgIpc) is 3.14. The lowest BCUT2D eigenvalue weighted by Crippen LogP contribution is -2.42. The lowest BCUT2D eigenvalue weighted by atomic mass is 9.91. The zero-order valence-electron chi connectivity index (χ0n) is 16.5. The van der Waals surface area contributed by atoms with E-state index in [1.807, 2.05) is 0 Å². The molecule has 1 atom stereocenters. The summed E-state index contributed by atoms with van der Waals surface area (Å²) in [5, 5.41) is 2.49. The maximum Gasteiger partial charge on any atom is 0.428 e. The molecule has 2 aromatic carbocycles. The number of hydrogen-bond donors (Lipinski definition) is 2. The molecule has 0 saturated heterocycles. The lowest BCUT2D eigenvalue weighted by molar-refractivity contribution is -0.269. The van der Waals surface area contributed by atoms with E-state index < -0.39 is 28.3 Å². The molecule has 2 aromatic rings. The minimum absolute atomic E-state index is 0.00105. The first-order valence-electron chi connectivity index (χ1n) is 9.02. The van der Waals surface area contributed by atoms with Crippen molar-refractivity contribution in [2.75, 3.05) is 11.9 Å². The van der Waals surface area contributed by atoms with Gasteiger partial charge in [-0.25, -0.2) is 4.79 Å². The molecular weight excluding hydrogens is 550 g/mol. The molecule has 0 bridgehead atoms. The van der Waals surface area contributed by atoms with Crippen LogP contribution in [0.5, 0.6) is 0 Å². The lowest BCUT2D eigenvalue weighted by Gasteiger charge is -2.28. The molecule has 1 heterocycles. The molecule has 0 aromatic heterocycles. The molecule has 33 heavy (non-hydrogen) atoms. The van der Waals surface area contributed by atoms with E-state index in [1.165, 1.54) is 12.1 Å². The maximum atomic E-state index is 14.1. The molecule has 5 nitrogen and oxygen atoms in total. The fourth-order valence-electron chi connectivity index (χ4n) is 2.97. The molecular formula is C20H14Cl5F3N2O3. The summed E-state index contributed by atoms with van der Waals surface area (Å²) >= 11 is 28.5. The average molecular weight is 565 g/mol. The Labute approximate surface area is 211 Å². The van der Waals surface area contributed by atoms with Gasteiger partial charge in [0.25, 0.3) is 0 Å². The summed E-state index contributed by atoms with van der Waals surface area (Å²) in [5.41, 5.74) is 0.311. The first-order valence-corrected chi connectivity index (χ1v) is 10.9. The minimum atomic E-state index is -4.86. The molecule has 1 amide bonds. The van der Waals surface area contributed by atoms with E-state index >= 15 is 0 Å². The van der Waals surface area contributed by atoms with Crippen molar-refractivity contribution in [3.8, 4) is 0 Å². The van der Waals surface area contributed by atoms with E-state index in [9.17, 15) is 18.0 Å². The summed E-state index contributed by atoms with van der Waals surface area (Å²) in [5.74, 6) is 0. The van der Waals surface area contributed by atoms with Crippen LogP contribution in [0.4, 0.5) is 23.7 Å². The fourth-order valence-corrected chi connectivity index (χ4v) is 3.66. The number of ether oxygens (including phenoxy) is 1. The number of rotatable bonds is 4. The molecule has 0 saturated carbocycles. The van der Waals surface area contributed by atoms with Gasteiger partial charge in [-0.1, -0.05) is 70.1 Å². The van der Waals surface area contributed by atoms with Gasteiger partial charge in [0.05, 0.1) is 5.70 Å². The Morgan fingerprint density at radius 3 is 2.33 bits per heavy atom. The molecule has 2 N–H and O–H groups in total. The van der Waals surface area contributed by atoms with E-state index in [4.69, 9.17) is 67.6 Å². The quantitative estimate of drug-likeness (QED) is 0.377. The standard InChI is InChI=1S/C20H14Cl5F3N2O3/c1-10-2-3-11(4-15(10)29-17(31)32-9-19(23,24)25)16-8-18(33-30-16,20(26,27)28)12-5-13(21)7-14(22)6-12/h2-8,30H,9H2,1H3,(H,29,31). The molecule has 0 spiro atoms. The van der Waals surface area contributed by atoms with Gasteiger partial charge in [0, 0.05) is 26.9 Å². The van der Waals surface area contributed by atoms with Crippen molar-refractivity contribution < 1.29 is 27.5 Å². The summed E-state index contributed by atoms with van der Waals surface area (Å²) in [6, 6.07) is 8.11. The highest BCUT2D eigenvalue weighted by molar-refractivity contribution is 6.67. The van der Waals surface area contributed by atoms with Crippen LogP contribution in [0.25, 0.3) is 5.70 Å². The maximum absolute atomic E-state index is 14.1. The van der Waals surface area contributed by atoms with E-state index in [2.05, 4.69) is 10.8 Å². The molecule has 0 fully saturated rings. The number of hydrogen-bond acceptors (Lipinski definition) is 4. The zero-order chi connectivity index (χ0) is 24.6. The van der Waals surface area contributed by atoms with Gasteiger partial charge in [-0.2, -0.15) is 13.2 Å². The van der Waals surface area contributed by atoms with Crippen molar-refractivity contribution in [2.45, 2.75) is 22.5 Å². The number of nitrogens with one attached hydrogen (secondary N) is 2. The number of anilines is 1. The molecule has 1 unspecified atom stereocenters. The highest BCUT2D eigenvalue weighted by Gasteiger charge is 2.59. The molecule has 1 aliphatic heterocycles. The van der Waals surface area contributed by atoms with Gasteiger partial charge in [-0.3, -0.25) is 15.6 Å². The van der Waals surface area contributed by atoms with Gasteiger partial charge in [-0.15, -0.1) is 0 Å². The van der Waals surface area contributed by atoms with Gasteiger partial charge >= 0.3 is 12.3 Å². The van der Waals surface area contributed by atoms with Crippen molar-refractivity contribution in [1.29, 1.82) is 0 Å². The number of hydroxylamine groups is 1. The topological polar surface area (TPSA) is 59.6 Å². The van der Waals surface area contributed by atoms with Crippen LogP contribution in [-0.4, -0.2) is 22.7 Å². The predicted octanol–water partition coefficient (Wildman–Crippen LogP) is 7.55. The Morgan fingerprint density at radius 1 is 1.12 bits per heavy atom. The van der Waals surface area contributed by atoms with Gasteiger partial charge in [0.1, 0.15) is 6.61 Å². The Hall–Kier alpha value is -1.55. The van der Waals surface area contributed by atoms with Crippen LogP contribution in [0.1, 0.15) is 16.7 Å². The second kappa shape index (κ2) is 9.60. The first-order chi connectivity index (χ1) is 15.2. The summed E-state index contributed by atoms with van der Waals surface area (Å²) in [7, 11) is 0. The second-order valence-corrected chi connectivity index (χ2v) is 10.4. The first kappa shape index (κ1) is 26.1. The van der Waals surface area contributed by atoms with Crippen LogP contribution in [-0.2, 0) is 15.2 Å². The van der Waals surface area contributed by atoms with E-state index in [-0.39, 0.29) is 32.6 Å². The SMILES string of the molecule is Cc1ccc(C2=CC(c3cc(Cl)cc(Cl)c3)(C(F)(F)F)ON2)cc1NC(=O)OCC(Cl)(Cl)Cl. The van der Waals surface area contributed by atoms with Crippen LogP contribution in [0.3, 0.4) is 0 Å². The number of carbonyl (C=O) groups excluding carboxylic acids is 1. The third-order valence-corrected chi connectivity index (χ3v) is 5.30. The van der Waals surface area contributed by atoms with E-state index in [0.29, 0.717) is 5.56 Å². The second-order valence-electron chi connectivity index (χ2n) is 7.00. The number of halogens is 8. The zero-order valence-corrected chi connectivity index (χ0v) is 20.3. The van der Waals surface area contributed by atoms with Crippen LogP contribution < -0.4 is 10.8 Å². The third-order valence-electron chi connectivity index (χ3n) is 4.53. The molecule has 3 rings (SSSR count). The summed E-state index contributed by atoms with van der Waals surface area (Å²) < 4.78 is 45.5. The highest BCUT2D eigenvalue weighted by Crippen LogP contribution is 2.48. The minimum Gasteiger partial charge on any atom is -0.445 e. The van der Waals surface area contributed by atoms with Crippen LogP contribution in [0.15, 0.2) is 42.5 Å². The summed E-state index contributed by atoms with van der Waals surface area (Å²) in [6.45, 7) is 1.17. The normalized spacial score (nSPS) is 18.5. The van der Waals surface area contributed by atoms with Crippen LogP contribution in [0, 0.1) is 6.92 Å². The predicted molar refractivity (Wildman–Crippen MR) is 123 cm³/mol. The molecule has 0 radical (unpaired) electrons. The number of alkyl halides is 6. The molecule has 13 heteroatoms. The van der Waals surface area contributed by atoms with Gasteiger partial charge in [0.2, 0.25) is 9.39 Å². The number of benzene rings is 2. The summed E-state index contributed by atoms with van der Waals surface area (Å²) in [4.78, 5) is 17.0. The highest BCUT2D eigenvalue weighted by atomic mass is 35.6. The summed E-state index contributed by atoms with van der Waals surface area (Å²) in [6.07, 6.45) is -4.91. The Balaban J connectivity index is 1.95. The Morgan fingerprint density at radius 2 is 1.76 bits per heavy atom. The molecule has 178 valence electrons. The monoisotopic (exact) mass is 562 g/mol. The van der Waals surface area contributed by atoms with Crippen molar-refractivity contribution in [3.63, 3.8) is 0 Å². The third kappa shape index (κ3) is 6.12. The fraction of sp³-hybridized carbons (Fsp3) is 0.250. The van der Waals surface area contributed by atoms with Crippen LogP contribution in [0.2, 0.25) is 10.0 Å². The van der Waals surface area contributed by atoms with Gasteiger partial charge in [0.15, 0.2) is 0 Å². The van der Waals surface area contributed by atoms with Gasteiger partial charge in [-0.05, 0) is 42.8 Å². The molecule has 0 aliphatic carbocycles. The van der Waals surface area contributed by atoms with Crippen molar-refractivity contribution >= 4 is 75.5 Å². The molecule has 1 aliphatic rings. The van der Waals surface area contributed by atoms with E-state index in [1.54, 1.807) is 19.1 Å². The van der Waals surface area contributed by atoms with Crippen molar-refractivity contribution in [2.24, 2.45) is 0 Å². The van der Waals surface area contributed by atoms with Crippen molar-refractivity contribution in [3.05, 3.63) is 69.2 Å². The number of carbonyl (C=O) groups is 1. The van der Waals surface area contributed by atoms with Crippen LogP contribution >= 0.6 is 58.0 Å². The Bertz CT molecular complexity index is 1090. The van der Waals surface area contributed by atoms with Gasteiger partial charge < -0.3 is 4.74 Å². The Kier molecular flexibility index (Phi) is 7.58. The smallest absolute Gasteiger partial charge is 0.428 e. The number of aryl methyl sites for hydroxylation is 1. The number of amides is 1. The largest absolute Gasteiger partial charge is 0.445 e. The van der Waals surface area contributed by atoms with E-state index in [0.717, 1.165) is 18.2 Å².